The van der Waals surface area contributed by atoms with Gasteiger partial charge in [-0.2, -0.15) is 11.8 Å². The number of hydrogen-bond acceptors (Lipinski definition) is 4. The summed E-state index contributed by atoms with van der Waals surface area (Å²) in [5.74, 6) is 0. The molecule has 0 bridgehead atoms. The molecule has 1 rings (SSSR count). The maximum atomic E-state index is 9.29. The highest BCUT2D eigenvalue weighted by atomic mass is 32.2. The van der Waals surface area contributed by atoms with Crippen LogP contribution in [0.15, 0.2) is 0 Å². The highest BCUT2D eigenvalue weighted by Crippen LogP contribution is 2.28. The molecule has 0 radical (unpaired) electrons. The molecule has 4 unspecified atom stereocenters. The summed E-state index contributed by atoms with van der Waals surface area (Å²) >= 11 is 1.73. The smallest absolute Gasteiger partial charge is 0.0666 e. The third-order valence-electron chi connectivity index (χ3n) is 3.88. The van der Waals surface area contributed by atoms with Gasteiger partial charge in [0.25, 0.3) is 0 Å². The van der Waals surface area contributed by atoms with Crippen molar-refractivity contribution in [2.75, 3.05) is 19.5 Å². The molecule has 1 aliphatic heterocycles. The molecule has 4 atom stereocenters. The number of thioether (sulfide) groups is 1. The van der Waals surface area contributed by atoms with E-state index in [1.54, 1.807) is 11.8 Å². The van der Waals surface area contributed by atoms with Crippen molar-refractivity contribution >= 4 is 11.8 Å². The van der Waals surface area contributed by atoms with Crippen LogP contribution in [0.3, 0.4) is 0 Å². The van der Waals surface area contributed by atoms with Crippen LogP contribution in [0.2, 0.25) is 0 Å². The van der Waals surface area contributed by atoms with E-state index < -0.39 is 0 Å². The lowest BCUT2D eigenvalue weighted by atomic mass is 9.89. The molecule has 0 saturated carbocycles. The zero-order valence-corrected chi connectivity index (χ0v) is 12.3. The van der Waals surface area contributed by atoms with Gasteiger partial charge in [-0.3, -0.25) is 0 Å². The van der Waals surface area contributed by atoms with Crippen LogP contribution in [0.25, 0.3) is 0 Å². The van der Waals surface area contributed by atoms with Gasteiger partial charge in [-0.05, 0) is 39.4 Å². The third-order valence-corrected chi connectivity index (χ3v) is 5.04. The molecular formula is C13H27NO2S. The summed E-state index contributed by atoms with van der Waals surface area (Å²) < 4.78 is 5.84. The van der Waals surface area contributed by atoms with Crippen LogP contribution >= 0.6 is 11.8 Å². The Balaban J connectivity index is 2.45. The summed E-state index contributed by atoms with van der Waals surface area (Å²) in [5, 5.41) is 13.2. The predicted molar refractivity (Wildman–Crippen MR) is 74.7 cm³/mol. The summed E-state index contributed by atoms with van der Waals surface area (Å²) in [7, 11) is 0. The predicted octanol–water partition coefficient (Wildman–Crippen LogP) is 2.04. The van der Waals surface area contributed by atoms with E-state index in [4.69, 9.17) is 4.74 Å². The largest absolute Gasteiger partial charge is 0.395 e. The Hall–Kier alpha value is 0.230. The molecular weight excluding hydrogens is 234 g/mol. The van der Waals surface area contributed by atoms with Crippen molar-refractivity contribution in [3.8, 4) is 0 Å². The van der Waals surface area contributed by atoms with Gasteiger partial charge in [-0.15, -0.1) is 0 Å². The van der Waals surface area contributed by atoms with Gasteiger partial charge in [0.05, 0.1) is 12.2 Å². The zero-order chi connectivity index (χ0) is 12.9. The monoisotopic (exact) mass is 261 g/mol. The molecule has 1 saturated heterocycles. The second-order valence-electron chi connectivity index (χ2n) is 5.25. The molecule has 1 heterocycles. The summed E-state index contributed by atoms with van der Waals surface area (Å²) in [5.41, 5.74) is 0.0315. The van der Waals surface area contributed by atoms with Crippen LogP contribution in [0.1, 0.15) is 40.0 Å². The number of nitrogens with one attached hydrogen (secondary N) is 1. The first-order valence-corrected chi connectivity index (χ1v) is 7.87. The fourth-order valence-electron chi connectivity index (χ4n) is 2.43. The van der Waals surface area contributed by atoms with Crippen molar-refractivity contribution in [2.45, 2.75) is 63.0 Å². The minimum absolute atomic E-state index is 0.0315. The van der Waals surface area contributed by atoms with Crippen molar-refractivity contribution in [2.24, 2.45) is 0 Å². The summed E-state index contributed by atoms with van der Waals surface area (Å²) in [6.07, 6.45) is 5.26. The molecule has 102 valence electrons. The second-order valence-corrected chi connectivity index (χ2v) is 6.33. The zero-order valence-electron chi connectivity index (χ0n) is 11.5. The summed E-state index contributed by atoms with van der Waals surface area (Å²) in [6.45, 7) is 7.63. The van der Waals surface area contributed by atoms with E-state index in [1.807, 2.05) is 0 Å². The molecule has 4 heteroatoms. The van der Waals surface area contributed by atoms with E-state index >= 15 is 0 Å². The summed E-state index contributed by atoms with van der Waals surface area (Å²) in [6, 6.07) is 0.865. The lowest BCUT2D eigenvalue weighted by molar-refractivity contribution is -0.0789. The Morgan fingerprint density at radius 3 is 2.82 bits per heavy atom. The quantitative estimate of drug-likeness (QED) is 0.768. The van der Waals surface area contributed by atoms with Gasteiger partial charge in [0, 0.05) is 23.9 Å². The van der Waals surface area contributed by atoms with Crippen LogP contribution in [-0.4, -0.2) is 47.5 Å². The number of aliphatic hydroxyl groups excluding tert-OH is 1. The molecule has 17 heavy (non-hydrogen) atoms. The van der Waals surface area contributed by atoms with Crippen molar-refractivity contribution < 1.29 is 9.84 Å². The number of ether oxygens (including phenoxy) is 1. The van der Waals surface area contributed by atoms with Gasteiger partial charge < -0.3 is 15.2 Å². The van der Waals surface area contributed by atoms with E-state index in [0.29, 0.717) is 12.1 Å². The van der Waals surface area contributed by atoms with Crippen LogP contribution in [0.4, 0.5) is 0 Å². The Morgan fingerprint density at radius 1 is 1.59 bits per heavy atom. The van der Waals surface area contributed by atoms with Crippen LogP contribution in [0.5, 0.6) is 0 Å². The maximum absolute atomic E-state index is 9.29. The van der Waals surface area contributed by atoms with Gasteiger partial charge >= 0.3 is 0 Å². The average Bonchev–Trinajstić information content (AvgIpc) is 2.30. The highest BCUT2D eigenvalue weighted by Gasteiger charge is 2.32. The average molecular weight is 261 g/mol. The van der Waals surface area contributed by atoms with E-state index in [2.05, 4.69) is 32.3 Å². The lowest BCUT2D eigenvalue weighted by Gasteiger charge is -2.39. The van der Waals surface area contributed by atoms with E-state index in [1.165, 1.54) is 0 Å². The fourth-order valence-corrected chi connectivity index (χ4v) is 3.07. The van der Waals surface area contributed by atoms with E-state index in [0.717, 1.165) is 25.9 Å². The topological polar surface area (TPSA) is 41.5 Å². The van der Waals surface area contributed by atoms with E-state index in [-0.39, 0.29) is 17.5 Å². The molecule has 1 fully saturated rings. The van der Waals surface area contributed by atoms with Crippen LogP contribution < -0.4 is 5.32 Å². The van der Waals surface area contributed by atoms with Crippen LogP contribution in [0, 0.1) is 0 Å². The Labute approximate surface area is 110 Å². The first-order valence-electron chi connectivity index (χ1n) is 6.58. The number of rotatable bonds is 6. The van der Waals surface area contributed by atoms with Crippen molar-refractivity contribution in [1.82, 2.24) is 5.32 Å². The highest BCUT2D eigenvalue weighted by molar-refractivity contribution is 7.99. The Kier molecular flexibility index (Phi) is 6.27. The van der Waals surface area contributed by atoms with Gasteiger partial charge in [0.1, 0.15) is 0 Å². The first kappa shape index (κ1) is 15.3. The molecule has 0 spiro atoms. The number of aliphatic hydroxyl groups is 1. The van der Waals surface area contributed by atoms with Crippen LogP contribution in [-0.2, 0) is 4.74 Å². The Bertz CT molecular complexity index is 223. The molecule has 0 aromatic heterocycles. The Morgan fingerprint density at radius 2 is 2.29 bits per heavy atom. The molecule has 1 aliphatic rings. The van der Waals surface area contributed by atoms with Gasteiger partial charge in [-0.1, -0.05) is 6.92 Å². The molecule has 0 aromatic rings. The fraction of sp³-hybridized carbons (Fsp3) is 1.00. The first-order chi connectivity index (χ1) is 8.04. The minimum atomic E-state index is 0.0315. The normalized spacial score (nSPS) is 33.4. The van der Waals surface area contributed by atoms with Crippen molar-refractivity contribution in [3.63, 3.8) is 0 Å². The SMILES string of the molecule is CCC1(C)CC(NC(C)C(CO)SC)CCO1. The lowest BCUT2D eigenvalue weighted by Crippen LogP contribution is -2.50. The van der Waals surface area contributed by atoms with Crippen molar-refractivity contribution in [1.29, 1.82) is 0 Å². The molecule has 0 amide bonds. The second kappa shape index (κ2) is 6.98. The van der Waals surface area contributed by atoms with Crippen molar-refractivity contribution in [3.05, 3.63) is 0 Å². The van der Waals surface area contributed by atoms with Gasteiger partial charge in [0.15, 0.2) is 0 Å². The molecule has 0 aliphatic carbocycles. The molecule has 3 nitrogen and oxygen atoms in total. The molecule has 0 aromatic carbocycles. The van der Waals surface area contributed by atoms with Gasteiger partial charge in [-0.25, -0.2) is 0 Å². The minimum Gasteiger partial charge on any atom is -0.395 e. The molecule has 2 N–H and O–H groups in total. The number of hydrogen-bond donors (Lipinski definition) is 2. The van der Waals surface area contributed by atoms with E-state index in [9.17, 15) is 5.11 Å². The standard InChI is InChI=1S/C13H27NO2S/c1-5-13(3)8-11(6-7-16-13)14-10(2)12(9-15)17-4/h10-12,14-15H,5-9H2,1-4H3. The van der Waals surface area contributed by atoms with Gasteiger partial charge in [0.2, 0.25) is 0 Å². The summed E-state index contributed by atoms with van der Waals surface area (Å²) in [4.78, 5) is 0. The maximum Gasteiger partial charge on any atom is 0.0666 e. The third kappa shape index (κ3) is 4.43.